The van der Waals surface area contributed by atoms with E-state index in [1.165, 1.54) is 4.90 Å². The van der Waals surface area contributed by atoms with Crippen LogP contribution in [0.15, 0.2) is 79.9 Å². The number of anilines is 1. The number of fused-ring (bicyclic) bond motifs is 1. The molecule has 3 heterocycles. The highest BCUT2D eigenvalue weighted by Gasteiger charge is 2.78. The minimum Gasteiger partial charge on any atom is -0.394 e. The van der Waals surface area contributed by atoms with Gasteiger partial charge < -0.3 is 24.5 Å². The van der Waals surface area contributed by atoms with Gasteiger partial charge in [-0.2, -0.15) is 0 Å². The van der Waals surface area contributed by atoms with Gasteiger partial charge in [0.2, 0.25) is 11.8 Å². The van der Waals surface area contributed by atoms with E-state index in [1.807, 2.05) is 37.3 Å². The van der Waals surface area contributed by atoms with Gasteiger partial charge in [-0.05, 0) is 56.5 Å². The Kier molecular flexibility index (Phi) is 8.34. The Bertz CT molecular complexity index is 1370. The van der Waals surface area contributed by atoms with Gasteiger partial charge in [0.05, 0.1) is 30.1 Å². The summed E-state index contributed by atoms with van der Waals surface area (Å²) in [6.07, 6.45) is 4.26. The van der Waals surface area contributed by atoms with Gasteiger partial charge in [-0.3, -0.25) is 14.4 Å². The molecule has 3 saturated heterocycles. The summed E-state index contributed by atoms with van der Waals surface area (Å²) >= 11 is 6.12. The van der Waals surface area contributed by atoms with Crippen LogP contribution in [0.2, 0.25) is 5.02 Å². The molecule has 222 valence electrons. The summed E-state index contributed by atoms with van der Waals surface area (Å²) in [6.45, 7) is 11.8. The number of rotatable bonds is 11. The summed E-state index contributed by atoms with van der Waals surface area (Å²) in [5.74, 6) is -2.56. The number of ether oxygens (including phenoxy) is 1. The largest absolute Gasteiger partial charge is 0.394 e. The Morgan fingerprint density at radius 3 is 2.38 bits per heavy atom. The van der Waals surface area contributed by atoms with Gasteiger partial charge in [0, 0.05) is 30.3 Å². The molecule has 5 rings (SSSR count). The molecule has 8 nitrogen and oxygen atoms in total. The van der Waals surface area contributed by atoms with E-state index >= 15 is 0 Å². The maximum atomic E-state index is 14.6. The number of hydrogen-bond acceptors (Lipinski definition) is 5. The Hall–Kier alpha value is -3.46. The first-order chi connectivity index (χ1) is 20.1. The van der Waals surface area contributed by atoms with Crippen LogP contribution in [-0.2, 0) is 25.7 Å². The molecule has 3 fully saturated rings. The molecule has 3 aliphatic rings. The van der Waals surface area contributed by atoms with E-state index < -0.39 is 35.1 Å². The predicted molar refractivity (Wildman–Crippen MR) is 162 cm³/mol. The van der Waals surface area contributed by atoms with E-state index in [4.69, 9.17) is 16.3 Å². The van der Waals surface area contributed by atoms with Crippen LogP contribution in [0.4, 0.5) is 5.69 Å². The van der Waals surface area contributed by atoms with Crippen LogP contribution in [0.1, 0.15) is 32.3 Å². The van der Waals surface area contributed by atoms with Crippen molar-refractivity contribution in [1.29, 1.82) is 0 Å². The van der Waals surface area contributed by atoms with Crippen LogP contribution in [-0.4, -0.2) is 75.6 Å². The van der Waals surface area contributed by atoms with Crippen LogP contribution in [0.25, 0.3) is 0 Å². The number of likely N-dealkylation sites (tertiary alicyclic amines) is 1. The number of amides is 3. The minimum atomic E-state index is -1.22. The topological polar surface area (TPSA) is 90.4 Å². The summed E-state index contributed by atoms with van der Waals surface area (Å²) in [4.78, 5) is 48.1. The number of aliphatic hydroxyl groups excluding tert-OH is 1. The molecule has 6 atom stereocenters. The van der Waals surface area contributed by atoms with Crippen molar-refractivity contribution in [3.05, 3.63) is 90.5 Å². The first kappa shape index (κ1) is 30.0. The van der Waals surface area contributed by atoms with Crippen LogP contribution >= 0.6 is 11.6 Å². The third kappa shape index (κ3) is 4.85. The number of aliphatic hydroxyl groups is 1. The van der Waals surface area contributed by atoms with Crippen molar-refractivity contribution < 1.29 is 24.2 Å². The molecule has 2 aromatic carbocycles. The minimum absolute atomic E-state index is 0.192. The first-order valence-corrected chi connectivity index (χ1v) is 14.7. The smallest absolute Gasteiger partial charge is 0.253 e. The van der Waals surface area contributed by atoms with Gasteiger partial charge in [0.1, 0.15) is 11.6 Å². The maximum absolute atomic E-state index is 14.6. The average molecular weight is 592 g/mol. The number of benzene rings is 2. The highest BCUT2D eigenvalue weighted by Crippen LogP contribution is 2.64. The van der Waals surface area contributed by atoms with Gasteiger partial charge in [0.25, 0.3) is 5.91 Å². The van der Waals surface area contributed by atoms with E-state index in [2.05, 4.69) is 13.2 Å². The van der Waals surface area contributed by atoms with Gasteiger partial charge in [-0.15, -0.1) is 13.2 Å². The van der Waals surface area contributed by atoms with Crippen molar-refractivity contribution >= 4 is 35.0 Å². The molecule has 3 amide bonds. The monoisotopic (exact) mass is 591 g/mol. The van der Waals surface area contributed by atoms with Gasteiger partial charge >= 0.3 is 0 Å². The van der Waals surface area contributed by atoms with Gasteiger partial charge in [-0.1, -0.05) is 54.1 Å². The van der Waals surface area contributed by atoms with Crippen molar-refractivity contribution in [3.8, 4) is 0 Å². The predicted octanol–water partition coefficient (Wildman–Crippen LogP) is 4.22. The Balaban J connectivity index is 1.57. The van der Waals surface area contributed by atoms with Crippen molar-refractivity contribution in [3.63, 3.8) is 0 Å². The summed E-state index contributed by atoms with van der Waals surface area (Å²) in [5.41, 5.74) is -0.587. The molecule has 3 aliphatic heterocycles. The fraction of sp³-hybridized carbons (Fsp3) is 0.424. The molecule has 42 heavy (non-hydrogen) atoms. The molecule has 0 aliphatic carbocycles. The Morgan fingerprint density at radius 1 is 1.10 bits per heavy atom. The van der Waals surface area contributed by atoms with E-state index in [1.54, 1.807) is 53.1 Å². The zero-order chi connectivity index (χ0) is 30.2. The first-order valence-electron chi connectivity index (χ1n) is 14.4. The summed E-state index contributed by atoms with van der Waals surface area (Å²) in [7, 11) is 0. The van der Waals surface area contributed by atoms with Gasteiger partial charge in [-0.25, -0.2) is 0 Å². The fourth-order valence-electron chi connectivity index (χ4n) is 7.19. The van der Waals surface area contributed by atoms with Gasteiger partial charge in [0.15, 0.2) is 0 Å². The summed E-state index contributed by atoms with van der Waals surface area (Å²) in [6, 6.07) is 14.8. The second-order valence-electron chi connectivity index (χ2n) is 11.7. The number of nitrogens with zero attached hydrogens (tertiary/aromatic N) is 3. The lowest BCUT2D eigenvalue weighted by atomic mass is 9.66. The average Bonchev–Trinajstić information content (AvgIpc) is 3.56. The van der Waals surface area contributed by atoms with Crippen molar-refractivity contribution in [2.24, 2.45) is 11.8 Å². The van der Waals surface area contributed by atoms with E-state index in [0.29, 0.717) is 36.6 Å². The number of carbonyl (C=O) groups excluding carboxylic acids is 3. The summed E-state index contributed by atoms with van der Waals surface area (Å²) < 4.78 is 6.78. The third-order valence-corrected chi connectivity index (χ3v) is 9.30. The third-order valence-electron chi connectivity index (χ3n) is 9.05. The molecule has 0 radical (unpaired) electrons. The van der Waals surface area contributed by atoms with E-state index in [9.17, 15) is 19.5 Å². The molecule has 2 bridgehead atoms. The normalized spacial score (nSPS) is 28.3. The standard InChI is InChI=1S/C33H38ClN3O5/c1-5-18-35(20-23-10-8-7-9-11-23)29(39)26-27-30(40)37(22(3)21-38)28(33(27)17-16-32(26,4)42-33)31(41)36(19-6-2)25-14-12-24(34)13-15-25/h5-15,22,26-28,38H,1-2,16-21H2,3-4H3/t22-,26+,27+,28?,32-,33?/m1/s1. The zero-order valence-corrected chi connectivity index (χ0v) is 24.9. The molecular weight excluding hydrogens is 554 g/mol. The van der Waals surface area contributed by atoms with E-state index in [0.717, 1.165) is 5.56 Å². The molecular formula is C33H38ClN3O5. The Morgan fingerprint density at radius 2 is 1.76 bits per heavy atom. The van der Waals surface area contributed by atoms with E-state index in [-0.39, 0.29) is 30.9 Å². The van der Waals surface area contributed by atoms with Crippen LogP contribution < -0.4 is 4.90 Å². The number of halogens is 1. The zero-order valence-electron chi connectivity index (χ0n) is 24.1. The molecule has 1 spiro atoms. The molecule has 1 N–H and O–H groups in total. The summed E-state index contributed by atoms with van der Waals surface area (Å²) in [5, 5.41) is 10.7. The van der Waals surface area contributed by atoms with Crippen molar-refractivity contribution in [2.45, 2.75) is 56.5 Å². The second kappa shape index (κ2) is 11.7. The quantitative estimate of drug-likeness (QED) is 0.395. The fourth-order valence-corrected chi connectivity index (χ4v) is 7.32. The highest BCUT2D eigenvalue weighted by molar-refractivity contribution is 6.30. The molecule has 2 aromatic rings. The lowest BCUT2D eigenvalue weighted by Crippen LogP contribution is -2.58. The van der Waals surface area contributed by atoms with Crippen LogP contribution in [0.3, 0.4) is 0 Å². The van der Waals surface area contributed by atoms with Crippen LogP contribution in [0.5, 0.6) is 0 Å². The Labute approximate surface area is 252 Å². The van der Waals surface area contributed by atoms with Crippen LogP contribution in [0, 0.1) is 11.8 Å². The highest BCUT2D eigenvalue weighted by atomic mass is 35.5. The molecule has 0 saturated carbocycles. The second-order valence-corrected chi connectivity index (χ2v) is 12.1. The molecule has 9 heteroatoms. The lowest BCUT2D eigenvalue weighted by molar-refractivity contribution is -0.152. The molecule has 0 aromatic heterocycles. The number of carbonyl (C=O) groups is 3. The van der Waals surface area contributed by atoms with Crippen molar-refractivity contribution in [1.82, 2.24) is 9.80 Å². The van der Waals surface area contributed by atoms with Crippen molar-refractivity contribution in [2.75, 3.05) is 24.6 Å². The number of hydrogen-bond donors (Lipinski definition) is 1. The SMILES string of the molecule is C=CCN(Cc1ccccc1)C(=O)[C@@H]1[C@H]2C(=O)N([C@H](C)CO)C(C(=O)N(CC=C)c3ccc(Cl)cc3)C23CC[C@@]1(C)O3. The maximum Gasteiger partial charge on any atom is 0.253 e. The lowest BCUT2D eigenvalue weighted by Gasteiger charge is -2.38. The molecule has 2 unspecified atom stereocenters.